The number of rotatable bonds is 7. The molecule has 5 nitrogen and oxygen atoms in total. The van der Waals surface area contributed by atoms with Crippen LogP contribution in [0.25, 0.3) is 0 Å². The summed E-state index contributed by atoms with van der Waals surface area (Å²) in [4.78, 5) is 33.6. The SMILES string of the molecule is O=C(NC1CCCCC1)[C@H](c1ccccn1)N(C(=O)Cc1cccs1)c1ccccc1F. The lowest BCUT2D eigenvalue weighted by Gasteiger charge is -2.33. The third kappa shape index (κ3) is 5.22. The summed E-state index contributed by atoms with van der Waals surface area (Å²) in [5, 5.41) is 5.00. The molecule has 1 N–H and O–H groups in total. The van der Waals surface area contributed by atoms with Crippen molar-refractivity contribution in [1.29, 1.82) is 0 Å². The lowest BCUT2D eigenvalue weighted by molar-refractivity contribution is -0.127. The zero-order valence-electron chi connectivity index (χ0n) is 17.7. The summed E-state index contributed by atoms with van der Waals surface area (Å²) in [7, 11) is 0. The summed E-state index contributed by atoms with van der Waals surface area (Å²) in [5.74, 6) is -1.25. The first kappa shape index (κ1) is 22.1. The van der Waals surface area contributed by atoms with Gasteiger partial charge in [0.1, 0.15) is 5.82 Å². The second kappa shape index (κ2) is 10.5. The maximum Gasteiger partial charge on any atom is 0.249 e. The molecule has 2 amide bonds. The van der Waals surface area contributed by atoms with Crippen molar-refractivity contribution in [2.45, 2.75) is 50.6 Å². The van der Waals surface area contributed by atoms with Gasteiger partial charge in [0.2, 0.25) is 11.8 Å². The van der Waals surface area contributed by atoms with Gasteiger partial charge in [0.25, 0.3) is 0 Å². The molecule has 1 atom stereocenters. The van der Waals surface area contributed by atoms with Crippen LogP contribution in [0, 0.1) is 5.82 Å². The number of para-hydroxylation sites is 1. The first-order valence-electron chi connectivity index (χ1n) is 10.9. The number of carbonyl (C=O) groups is 2. The average molecular weight is 452 g/mol. The van der Waals surface area contributed by atoms with Crippen LogP contribution in [0.2, 0.25) is 0 Å². The van der Waals surface area contributed by atoms with E-state index in [0.29, 0.717) is 5.69 Å². The molecular formula is C25H26FN3O2S. The number of hydrogen-bond acceptors (Lipinski definition) is 4. The molecule has 0 bridgehead atoms. The average Bonchev–Trinajstić information content (AvgIpc) is 3.32. The van der Waals surface area contributed by atoms with Gasteiger partial charge < -0.3 is 5.32 Å². The Morgan fingerprint density at radius 3 is 2.53 bits per heavy atom. The van der Waals surface area contributed by atoms with Gasteiger partial charge in [-0.15, -0.1) is 11.3 Å². The number of pyridine rings is 1. The van der Waals surface area contributed by atoms with Crippen molar-refractivity contribution in [3.05, 3.63) is 82.6 Å². The summed E-state index contributed by atoms with van der Waals surface area (Å²) in [6.07, 6.45) is 6.76. The zero-order chi connectivity index (χ0) is 22.3. The van der Waals surface area contributed by atoms with Crippen LogP contribution in [-0.2, 0) is 16.0 Å². The molecule has 2 heterocycles. The Bertz CT molecular complexity index is 1040. The maximum atomic E-state index is 14.9. The van der Waals surface area contributed by atoms with E-state index in [4.69, 9.17) is 0 Å². The third-order valence-electron chi connectivity index (χ3n) is 5.71. The van der Waals surface area contributed by atoms with Gasteiger partial charge in [-0.1, -0.05) is 43.5 Å². The number of anilines is 1. The Morgan fingerprint density at radius 2 is 1.84 bits per heavy atom. The van der Waals surface area contributed by atoms with Gasteiger partial charge >= 0.3 is 0 Å². The fourth-order valence-corrected chi connectivity index (χ4v) is 4.86. The van der Waals surface area contributed by atoms with E-state index in [1.807, 2.05) is 17.5 Å². The van der Waals surface area contributed by atoms with Crippen LogP contribution in [0.15, 0.2) is 66.2 Å². The lowest BCUT2D eigenvalue weighted by Crippen LogP contribution is -2.48. The predicted octanol–water partition coefficient (Wildman–Crippen LogP) is 5.05. The molecule has 2 aromatic heterocycles. The van der Waals surface area contributed by atoms with Gasteiger partial charge in [-0.05, 0) is 48.6 Å². The normalized spacial score (nSPS) is 15.2. The molecular weight excluding hydrogens is 425 g/mol. The molecule has 1 aliphatic carbocycles. The number of hydrogen-bond donors (Lipinski definition) is 1. The molecule has 0 radical (unpaired) electrons. The number of nitrogens with zero attached hydrogens (tertiary/aromatic N) is 2. The Hall–Kier alpha value is -3.06. The minimum atomic E-state index is -1.07. The van der Waals surface area contributed by atoms with Crippen molar-refractivity contribution in [3.8, 4) is 0 Å². The molecule has 7 heteroatoms. The highest BCUT2D eigenvalue weighted by Crippen LogP contribution is 2.31. The highest BCUT2D eigenvalue weighted by atomic mass is 32.1. The van der Waals surface area contributed by atoms with Gasteiger partial charge in [-0.2, -0.15) is 0 Å². The molecule has 166 valence electrons. The number of amides is 2. The molecule has 3 aromatic rings. The van der Waals surface area contributed by atoms with Crippen LogP contribution in [-0.4, -0.2) is 22.8 Å². The van der Waals surface area contributed by atoms with Crippen molar-refractivity contribution in [2.75, 3.05) is 4.90 Å². The van der Waals surface area contributed by atoms with Crippen LogP contribution in [0.1, 0.15) is 48.7 Å². The third-order valence-corrected chi connectivity index (χ3v) is 6.59. The van der Waals surface area contributed by atoms with Crippen LogP contribution < -0.4 is 10.2 Å². The van der Waals surface area contributed by atoms with Crippen LogP contribution in [0.3, 0.4) is 0 Å². The standard InChI is InChI=1S/C25H26FN3O2S/c26-20-12-4-5-14-22(20)29(23(30)17-19-11-8-16-32-19)24(21-13-6-7-15-27-21)25(31)28-18-9-2-1-3-10-18/h4-8,11-16,18,24H,1-3,9-10,17H2,(H,28,31)/t24-/m0/s1. The van der Waals surface area contributed by atoms with Gasteiger partial charge in [0.15, 0.2) is 6.04 Å². The molecule has 1 fully saturated rings. The van der Waals surface area contributed by atoms with E-state index in [1.165, 1.54) is 28.4 Å². The largest absolute Gasteiger partial charge is 0.351 e. The number of nitrogens with one attached hydrogen (secondary N) is 1. The number of thiophene rings is 1. The number of carbonyl (C=O) groups excluding carboxylic acids is 2. The highest BCUT2D eigenvalue weighted by molar-refractivity contribution is 7.10. The molecule has 0 unspecified atom stereocenters. The summed E-state index contributed by atoms with van der Waals surface area (Å²) in [5.41, 5.74) is 0.479. The van der Waals surface area contributed by atoms with Gasteiger partial charge in [0.05, 0.1) is 17.8 Å². The summed E-state index contributed by atoms with van der Waals surface area (Å²) in [6, 6.07) is 14.0. The minimum Gasteiger partial charge on any atom is -0.351 e. The van der Waals surface area contributed by atoms with E-state index >= 15 is 0 Å². The summed E-state index contributed by atoms with van der Waals surface area (Å²) in [6.45, 7) is 0. The Labute approximate surface area is 191 Å². The van der Waals surface area contributed by atoms with Gasteiger partial charge in [-0.3, -0.25) is 19.5 Å². The monoisotopic (exact) mass is 451 g/mol. The molecule has 1 aliphatic rings. The summed E-state index contributed by atoms with van der Waals surface area (Å²) < 4.78 is 14.9. The van der Waals surface area contributed by atoms with Gasteiger partial charge in [-0.25, -0.2) is 4.39 Å². The van der Waals surface area contributed by atoms with Crippen LogP contribution in [0.5, 0.6) is 0 Å². The minimum absolute atomic E-state index is 0.0531. The summed E-state index contributed by atoms with van der Waals surface area (Å²) >= 11 is 1.46. The molecule has 4 rings (SSSR count). The highest BCUT2D eigenvalue weighted by Gasteiger charge is 2.36. The Balaban J connectivity index is 1.74. The van der Waals surface area contributed by atoms with Crippen molar-refractivity contribution in [3.63, 3.8) is 0 Å². The first-order chi connectivity index (χ1) is 15.6. The molecule has 0 saturated heterocycles. The number of aromatic nitrogens is 1. The van der Waals surface area contributed by atoms with Crippen molar-refractivity contribution in [2.24, 2.45) is 0 Å². The van der Waals surface area contributed by atoms with E-state index in [-0.39, 0.29) is 30.0 Å². The maximum absolute atomic E-state index is 14.9. The van der Waals surface area contributed by atoms with E-state index in [1.54, 1.807) is 36.5 Å². The molecule has 32 heavy (non-hydrogen) atoms. The van der Waals surface area contributed by atoms with E-state index < -0.39 is 11.9 Å². The predicted molar refractivity (Wildman–Crippen MR) is 124 cm³/mol. The quantitative estimate of drug-likeness (QED) is 0.547. The second-order valence-electron chi connectivity index (χ2n) is 7.97. The topological polar surface area (TPSA) is 62.3 Å². The van der Waals surface area contributed by atoms with Gasteiger partial charge in [0, 0.05) is 17.1 Å². The molecule has 0 aliphatic heterocycles. The van der Waals surface area contributed by atoms with E-state index in [2.05, 4.69) is 10.3 Å². The Morgan fingerprint density at radius 1 is 1.06 bits per heavy atom. The molecule has 1 aromatic carbocycles. The van der Waals surface area contributed by atoms with Crippen molar-refractivity contribution < 1.29 is 14.0 Å². The van der Waals surface area contributed by atoms with E-state index in [9.17, 15) is 14.0 Å². The Kier molecular flexibility index (Phi) is 7.27. The second-order valence-corrected chi connectivity index (χ2v) is 9.00. The van der Waals surface area contributed by atoms with Crippen LogP contribution >= 0.6 is 11.3 Å². The number of halogens is 1. The first-order valence-corrected chi connectivity index (χ1v) is 11.8. The fourth-order valence-electron chi connectivity index (χ4n) is 4.16. The lowest BCUT2D eigenvalue weighted by atomic mass is 9.95. The number of benzene rings is 1. The van der Waals surface area contributed by atoms with Crippen molar-refractivity contribution in [1.82, 2.24) is 10.3 Å². The fraction of sp³-hybridized carbons (Fsp3) is 0.320. The molecule has 1 saturated carbocycles. The van der Waals surface area contributed by atoms with Crippen molar-refractivity contribution >= 4 is 28.8 Å². The smallest absolute Gasteiger partial charge is 0.249 e. The van der Waals surface area contributed by atoms with E-state index in [0.717, 1.165) is 37.0 Å². The van der Waals surface area contributed by atoms with Crippen LogP contribution in [0.4, 0.5) is 10.1 Å². The zero-order valence-corrected chi connectivity index (χ0v) is 18.6. The molecule has 0 spiro atoms.